The molecule has 0 spiro atoms. The molecule has 2 rings (SSSR count). The molecule has 16 heavy (non-hydrogen) atoms. The summed E-state index contributed by atoms with van der Waals surface area (Å²) in [5.41, 5.74) is -0.603. The van der Waals surface area contributed by atoms with Crippen LogP contribution in [0.25, 0.3) is 9.40 Å². The third kappa shape index (κ3) is 2.11. The second kappa shape index (κ2) is 3.93. The maximum atomic E-state index is 11.9. The van der Waals surface area contributed by atoms with Crippen LogP contribution in [0.1, 0.15) is 23.5 Å². The van der Waals surface area contributed by atoms with E-state index >= 15 is 0 Å². The van der Waals surface area contributed by atoms with Crippen LogP contribution in [0.4, 0.5) is 0 Å². The summed E-state index contributed by atoms with van der Waals surface area (Å²) < 4.78 is 2.29. The largest absolute Gasteiger partial charge is 0.336 e. The number of fused-ring (bicyclic) bond motifs is 1. The van der Waals surface area contributed by atoms with Crippen molar-refractivity contribution in [1.29, 1.82) is 0 Å². The molecule has 4 heteroatoms. The van der Waals surface area contributed by atoms with Gasteiger partial charge in [0.25, 0.3) is 5.91 Å². The molecule has 0 fully saturated rings. The van der Waals surface area contributed by atoms with Gasteiger partial charge in [-0.25, -0.2) is 0 Å². The van der Waals surface area contributed by atoms with Gasteiger partial charge in [-0.1, -0.05) is 5.92 Å². The van der Waals surface area contributed by atoms with Crippen molar-refractivity contribution >= 4 is 38.0 Å². The molecule has 1 N–H and O–H groups in total. The standard InChI is InChI=1S/C12H11NOS2/c1-4-12(2,3)13-11(14)10-7-9-8(16-10)5-6-15-9/h1,5-7H,2-3H3,(H,13,14). The first-order valence-electron chi connectivity index (χ1n) is 4.79. The fraction of sp³-hybridized carbons (Fsp3) is 0.250. The van der Waals surface area contributed by atoms with Crippen molar-refractivity contribution in [3.8, 4) is 12.3 Å². The molecule has 1 amide bonds. The van der Waals surface area contributed by atoms with Gasteiger partial charge in [0.15, 0.2) is 0 Å². The first-order valence-corrected chi connectivity index (χ1v) is 6.49. The number of rotatable bonds is 2. The molecule has 0 bridgehead atoms. The van der Waals surface area contributed by atoms with Gasteiger partial charge in [0.05, 0.1) is 10.4 Å². The number of nitrogens with one attached hydrogen (secondary N) is 1. The summed E-state index contributed by atoms with van der Waals surface area (Å²) >= 11 is 3.13. The zero-order chi connectivity index (χ0) is 11.8. The summed E-state index contributed by atoms with van der Waals surface area (Å²) in [6, 6.07) is 3.93. The molecule has 82 valence electrons. The van der Waals surface area contributed by atoms with Crippen molar-refractivity contribution in [3.63, 3.8) is 0 Å². The Kier molecular flexibility index (Phi) is 2.75. The number of amides is 1. The minimum atomic E-state index is -0.603. The molecule has 0 aliphatic rings. The molecule has 2 aromatic heterocycles. The van der Waals surface area contributed by atoms with Crippen molar-refractivity contribution in [2.24, 2.45) is 0 Å². The highest BCUT2D eigenvalue weighted by Gasteiger charge is 2.19. The molecule has 0 unspecified atom stereocenters. The Labute approximate surface area is 102 Å². The van der Waals surface area contributed by atoms with E-state index in [0.29, 0.717) is 4.88 Å². The number of terminal acetylenes is 1. The number of carbonyl (C=O) groups excluding carboxylic acids is 1. The van der Waals surface area contributed by atoms with E-state index in [1.807, 2.05) is 17.5 Å². The molecule has 0 aliphatic carbocycles. The van der Waals surface area contributed by atoms with Crippen molar-refractivity contribution in [2.45, 2.75) is 19.4 Å². The van der Waals surface area contributed by atoms with Crippen LogP contribution in [0.15, 0.2) is 17.5 Å². The molecule has 0 saturated heterocycles. The number of hydrogen-bond donors (Lipinski definition) is 1. The molecule has 0 aromatic carbocycles. The Bertz CT molecular complexity index is 543. The Morgan fingerprint density at radius 1 is 1.50 bits per heavy atom. The van der Waals surface area contributed by atoms with Crippen LogP contribution in [-0.4, -0.2) is 11.4 Å². The SMILES string of the molecule is C#CC(C)(C)NC(=O)c1cc2sccc2s1. The average molecular weight is 249 g/mol. The Morgan fingerprint density at radius 3 is 2.88 bits per heavy atom. The van der Waals surface area contributed by atoms with Gasteiger partial charge in [-0.15, -0.1) is 29.1 Å². The summed E-state index contributed by atoms with van der Waals surface area (Å²) in [7, 11) is 0. The minimum absolute atomic E-state index is 0.101. The summed E-state index contributed by atoms with van der Waals surface area (Å²) in [4.78, 5) is 12.6. The maximum Gasteiger partial charge on any atom is 0.262 e. The summed E-state index contributed by atoms with van der Waals surface area (Å²) in [6.45, 7) is 3.61. The van der Waals surface area contributed by atoms with Gasteiger partial charge in [-0.05, 0) is 31.4 Å². The molecule has 0 saturated carbocycles. The topological polar surface area (TPSA) is 29.1 Å². The molecule has 2 nitrogen and oxygen atoms in total. The highest BCUT2D eigenvalue weighted by atomic mass is 32.1. The predicted octanol–water partition coefficient (Wildman–Crippen LogP) is 3.10. The Hall–Kier alpha value is -1.31. The van der Waals surface area contributed by atoms with Crippen LogP contribution in [-0.2, 0) is 0 Å². The lowest BCUT2D eigenvalue weighted by Crippen LogP contribution is -2.41. The van der Waals surface area contributed by atoms with Crippen LogP contribution in [0, 0.1) is 12.3 Å². The lowest BCUT2D eigenvalue weighted by atomic mass is 10.1. The molecule has 2 heterocycles. The quantitative estimate of drug-likeness (QED) is 0.814. The van der Waals surface area contributed by atoms with E-state index in [-0.39, 0.29) is 5.91 Å². The van der Waals surface area contributed by atoms with Crippen LogP contribution < -0.4 is 5.32 Å². The van der Waals surface area contributed by atoms with E-state index in [2.05, 4.69) is 11.2 Å². The van der Waals surface area contributed by atoms with Crippen LogP contribution >= 0.6 is 22.7 Å². The monoisotopic (exact) mass is 249 g/mol. The minimum Gasteiger partial charge on any atom is -0.336 e. The van der Waals surface area contributed by atoms with Crippen LogP contribution in [0.2, 0.25) is 0 Å². The molecule has 0 radical (unpaired) electrons. The second-order valence-corrected chi connectivity index (χ2v) is 6.01. The van der Waals surface area contributed by atoms with E-state index in [9.17, 15) is 4.79 Å². The van der Waals surface area contributed by atoms with Gasteiger partial charge in [0, 0.05) is 9.40 Å². The van der Waals surface area contributed by atoms with E-state index in [1.54, 1.807) is 25.2 Å². The molecule has 0 atom stereocenters. The van der Waals surface area contributed by atoms with Crippen molar-refractivity contribution in [1.82, 2.24) is 5.32 Å². The normalized spacial score (nSPS) is 11.3. The highest BCUT2D eigenvalue weighted by Crippen LogP contribution is 2.30. The maximum absolute atomic E-state index is 11.9. The first-order chi connectivity index (χ1) is 7.52. The predicted molar refractivity (Wildman–Crippen MR) is 70.1 cm³/mol. The zero-order valence-corrected chi connectivity index (χ0v) is 10.7. The van der Waals surface area contributed by atoms with Gasteiger partial charge < -0.3 is 5.32 Å². The summed E-state index contributed by atoms with van der Waals surface area (Å²) in [5.74, 6) is 2.44. The fourth-order valence-electron chi connectivity index (χ4n) is 1.26. The van der Waals surface area contributed by atoms with Crippen LogP contribution in [0.5, 0.6) is 0 Å². The third-order valence-electron chi connectivity index (χ3n) is 2.15. The number of thiophene rings is 2. The molecule has 0 aliphatic heterocycles. The van der Waals surface area contributed by atoms with E-state index in [4.69, 9.17) is 6.42 Å². The van der Waals surface area contributed by atoms with E-state index in [1.165, 1.54) is 11.3 Å². The van der Waals surface area contributed by atoms with E-state index in [0.717, 1.165) is 9.40 Å². The van der Waals surface area contributed by atoms with Gasteiger partial charge in [0.2, 0.25) is 0 Å². The lowest BCUT2D eigenvalue weighted by Gasteiger charge is -2.18. The van der Waals surface area contributed by atoms with Gasteiger partial charge >= 0.3 is 0 Å². The Morgan fingerprint density at radius 2 is 2.25 bits per heavy atom. The van der Waals surface area contributed by atoms with Gasteiger partial charge in [-0.3, -0.25) is 4.79 Å². The van der Waals surface area contributed by atoms with Crippen molar-refractivity contribution in [2.75, 3.05) is 0 Å². The zero-order valence-electron chi connectivity index (χ0n) is 9.03. The molecular formula is C12H11NOS2. The van der Waals surface area contributed by atoms with Gasteiger partial charge in [-0.2, -0.15) is 0 Å². The summed E-state index contributed by atoms with van der Waals surface area (Å²) in [6.07, 6.45) is 5.33. The lowest BCUT2D eigenvalue weighted by molar-refractivity contribution is 0.0934. The van der Waals surface area contributed by atoms with Crippen molar-refractivity contribution in [3.05, 3.63) is 22.4 Å². The fourth-order valence-corrected chi connectivity index (χ4v) is 3.26. The third-order valence-corrected chi connectivity index (χ3v) is 4.24. The molecule has 2 aromatic rings. The van der Waals surface area contributed by atoms with Crippen LogP contribution in [0.3, 0.4) is 0 Å². The average Bonchev–Trinajstić information content (AvgIpc) is 2.75. The van der Waals surface area contributed by atoms with Gasteiger partial charge in [0.1, 0.15) is 0 Å². The van der Waals surface area contributed by atoms with Crippen molar-refractivity contribution < 1.29 is 4.79 Å². The second-order valence-electron chi connectivity index (χ2n) is 3.98. The Balaban J connectivity index is 2.23. The smallest absolute Gasteiger partial charge is 0.262 e. The summed E-state index contributed by atoms with van der Waals surface area (Å²) in [5, 5.41) is 4.84. The van der Waals surface area contributed by atoms with E-state index < -0.39 is 5.54 Å². The number of carbonyl (C=O) groups is 1. The number of hydrogen-bond acceptors (Lipinski definition) is 3. The highest BCUT2D eigenvalue weighted by molar-refractivity contribution is 7.27. The molecular weight excluding hydrogens is 238 g/mol. The first kappa shape index (κ1) is 11.2.